The molecule has 1 aliphatic heterocycles. The number of fused-ring (bicyclic) bond motifs is 1. The van der Waals surface area contributed by atoms with E-state index in [4.69, 9.17) is 0 Å². The summed E-state index contributed by atoms with van der Waals surface area (Å²) in [6, 6.07) is 12.8. The minimum atomic E-state index is -0.0196. The molecule has 0 bridgehead atoms. The second-order valence-corrected chi connectivity index (χ2v) is 5.68. The zero-order valence-corrected chi connectivity index (χ0v) is 12.1. The number of hydrogen-bond acceptors (Lipinski definition) is 2. The molecule has 0 spiro atoms. The van der Waals surface area contributed by atoms with Gasteiger partial charge in [0.15, 0.2) is 5.78 Å². The topological polar surface area (TPSA) is 46.2 Å². The highest BCUT2D eigenvalue weighted by molar-refractivity contribution is 14.1. The first kappa shape index (κ1) is 12.3. The molecule has 1 N–H and O–H groups in total. The zero-order chi connectivity index (χ0) is 13.4. The first-order chi connectivity index (χ1) is 9.13. The second-order valence-electron chi connectivity index (χ2n) is 4.43. The Morgan fingerprint density at radius 1 is 1.05 bits per heavy atom. The summed E-state index contributed by atoms with van der Waals surface area (Å²) in [5, 5.41) is 2.76. The van der Waals surface area contributed by atoms with Crippen LogP contribution in [0, 0.1) is 3.57 Å². The Hall–Kier alpha value is -1.69. The number of hydrogen-bond donors (Lipinski definition) is 1. The van der Waals surface area contributed by atoms with Crippen LogP contribution in [-0.4, -0.2) is 11.7 Å². The normalized spacial score (nSPS) is 13.0. The highest BCUT2D eigenvalue weighted by Crippen LogP contribution is 2.25. The molecule has 0 radical (unpaired) electrons. The average Bonchev–Trinajstić information content (AvgIpc) is 2.77. The van der Waals surface area contributed by atoms with Crippen LogP contribution in [0.25, 0.3) is 0 Å². The van der Waals surface area contributed by atoms with Gasteiger partial charge in [-0.2, -0.15) is 0 Å². The van der Waals surface area contributed by atoms with E-state index in [1.165, 1.54) is 0 Å². The predicted molar refractivity (Wildman–Crippen MR) is 81.4 cm³/mol. The Morgan fingerprint density at radius 3 is 2.47 bits per heavy atom. The van der Waals surface area contributed by atoms with Gasteiger partial charge < -0.3 is 5.32 Å². The van der Waals surface area contributed by atoms with Gasteiger partial charge in [0.25, 0.3) is 0 Å². The lowest BCUT2D eigenvalue weighted by atomic mass is 10.0. The molecule has 0 aliphatic carbocycles. The Labute approximate surface area is 124 Å². The predicted octanol–water partition coefficient (Wildman–Crippen LogP) is 3.02. The Balaban J connectivity index is 1.95. The minimum absolute atomic E-state index is 0.0152. The molecule has 1 heterocycles. The monoisotopic (exact) mass is 363 g/mol. The SMILES string of the molecule is O=C1Cc2cc(C(=O)c3ccc(I)cc3)ccc2N1. The minimum Gasteiger partial charge on any atom is -0.326 e. The third kappa shape index (κ3) is 2.40. The van der Waals surface area contributed by atoms with Gasteiger partial charge in [0.05, 0.1) is 6.42 Å². The van der Waals surface area contributed by atoms with Crippen molar-refractivity contribution in [2.75, 3.05) is 5.32 Å². The lowest BCUT2D eigenvalue weighted by Gasteiger charge is -2.04. The van der Waals surface area contributed by atoms with Crippen LogP contribution >= 0.6 is 22.6 Å². The van der Waals surface area contributed by atoms with Crippen LogP contribution in [0.5, 0.6) is 0 Å². The van der Waals surface area contributed by atoms with Crippen LogP contribution in [0.3, 0.4) is 0 Å². The quantitative estimate of drug-likeness (QED) is 0.659. The van der Waals surface area contributed by atoms with Gasteiger partial charge in [-0.05, 0) is 70.6 Å². The Bertz CT molecular complexity index is 677. The first-order valence-electron chi connectivity index (χ1n) is 5.86. The third-order valence-electron chi connectivity index (χ3n) is 3.10. The average molecular weight is 363 g/mol. The Morgan fingerprint density at radius 2 is 1.74 bits per heavy atom. The summed E-state index contributed by atoms with van der Waals surface area (Å²) in [6.45, 7) is 0. The summed E-state index contributed by atoms with van der Waals surface area (Å²) >= 11 is 2.20. The smallest absolute Gasteiger partial charge is 0.228 e. The number of carbonyl (C=O) groups is 2. The molecule has 2 aromatic rings. The number of nitrogens with one attached hydrogen (secondary N) is 1. The summed E-state index contributed by atoms with van der Waals surface area (Å²) < 4.78 is 1.10. The molecule has 0 saturated heterocycles. The van der Waals surface area contributed by atoms with Crippen molar-refractivity contribution in [3.8, 4) is 0 Å². The van der Waals surface area contributed by atoms with Crippen LogP contribution in [0.2, 0.25) is 0 Å². The number of halogens is 1. The van der Waals surface area contributed by atoms with Crippen molar-refractivity contribution in [3.05, 3.63) is 62.7 Å². The lowest BCUT2D eigenvalue weighted by Crippen LogP contribution is -2.03. The van der Waals surface area contributed by atoms with E-state index in [2.05, 4.69) is 27.9 Å². The lowest BCUT2D eigenvalue weighted by molar-refractivity contribution is -0.115. The molecule has 0 atom stereocenters. The van der Waals surface area contributed by atoms with E-state index in [9.17, 15) is 9.59 Å². The largest absolute Gasteiger partial charge is 0.326 e. The maximum absolute atomic E-state index is 12.3. The molecule has 0 fully saturated rings. The van der Waals surface area contributed by atoms with E-state index in [-0.39, 0.29) is 11.7 Å². The van der Waals surface area contributed by atoms with Gasteiger partial charge in [0, 0.05) is 20.4 Å². The number of benzene rings is 2. The van der Waals surface area contributed by atoms with Crippen molar-refractivity contribution >= 4 is 40.0 Å². The van der Waals surface area contributed by atoms with Crippen molar-refractivity contribution in [1.29, 1.82) is 0 Å². The summed E-state index contributed by atoms with van der Waals surface area (Å²) in [7, 11) is 0. The molecular formula is C15H10INO2. The molecule has 0 aromatic heterocycles. The number of amides is 1. The van der Waals surface area contributed by atoms with Gasteiger partial charge in [0.1, 0.15) is 0 Å². The Kier molecular flexibility index (Phi) is 3.10. The summed E-state index contributed by atoms with van der Waals surface area (Å²) in [4.78, 5) is 23.6. The molecule has 94 valence electrons. The molecule has 1 aliphatic rings. The van der Waals surface area contributed by atoms with Crippen LogP contribution in [-0.2, 0) is 11.2 Å². The van der Waals surface area contributed by atoms with E-state index in [0.717, 1.165) is 14.8 Å². The maximum Gasteiger partial charge on any atom is 0.228 e. The second kappa shape index (κ2) is 4.77. The molecule has 4 heteroatoms. The molecule has 1 amide bonds. The van der Waals surface area contributed by atoms with Crippen molar-refractivity contribution in [2.24, 2.45) is 0 Å². The highest BCUT2D eigenvalue weighted by Gasteiger charge is 2.19. The van der Waals surface area contributed by atoms with Gasteiger partial charge in [-0.25, -0.2) is 0 Å². The van der Waals surface area contributed by atoms with Crippen molar-refractivity contribution < 1.29 is 9.59 Å². The van der Waals surface area contributed by atoms with Gasteiger partial charge in [-0.3, -0.25) is 9.59 Å². The van der Waals surface area contributed by atoms with E-state index in [1.54, 1.807) is 18.2 Å². The third-order valence-corrected chi connectivity index (χ3v) is 3.82. The number of anilines is 1. The summed E-state index contributed by atoms with van der Waals surface area (Å²) in [5.74, 6) is -0.0348. The molecule has 0 saturated carbocycles. The van der Waals surface area contributed by atoms with Crippen molar-refractivity contribution in [1.82, 2.24) is 0 Å². The zero-order valence-electron chi connectivity index (χ0n) is 9.94. The molecular weight excluding hydrogens is 353 g/mol. The van der Waals surface area contributed by atoms with E-state index in [0.29, 0.717) is 17.5 Å². The van der Waals surface area contributed by atoms with Crippen LogP contribution in [0.1, 0.15) is 21.5 Å². The highest BCUT2D eigenvalue weighted by atomic mass is 127. The van der Waals surface area contributed by atoms with E-state index in [1.807, 2.05) is 24.3 Å². The molecule has 3 rings (SSSR count). The van der Waals surface area contributed by atoms with Crippen LogP contribution in [0.15, 0.2) is 42.5 Å². The van der Waals surface area contributed by atoms with Crippen LogP contribution < -0.4 is 5.32 Å². The van der Waals surface area contributed by atoms with Crippen molar-refractivity contribution in [3.63, 3.8) is 0 Å². The van der Waals surface area contributed by atoms with E-state index >= 15 is 0 Å². The van der Waals surface area contributed by atoms with Crippen molar-refractivity contribution in [2.45, 2.75) is 6.42 Å². The maximum atomic E-state index is 12.3. The van der Waals surface area contributed by atoms with Gasteiger partial charge in [-0.15, -0.1) is 0 Å². The summed E-state index contributed by atoms with van der Waals surface area (Å²) in [6.07, 6.45) is 0.350. The number of rotatable bonds is 2. The summed E-state index contributed by atoms with van der Waals surface area (Å²) in [5.41, 5.74) is 2.99. The van der Waals surface area contributed by atoms with Gasteiger partial charge >= 0.3 is 0 Å². The van der Waals surface area contributed by atoms with Crippen LogP contribution in [0.4, 0.5) is 5.69 Å². The fourth-order valence-electron chi connectivity index (χ4n) is 2.14. The number of carbonyl (C=O) groups excluding carboxylic acids is 2. The number of ketones is 1. The fraction of sp³-hybridized carbons (Fsp3) is 0.0667. The fourth-order valence-corrected chi connectivity index (χ4v) is 2.50. The molecule has 3 nitrogen and oxygen atoms in total. The first-order valence-corrected chi connectivity index (χ1v) is 6.94. The molecule has 2 aromatic carbocycles. The molecule has 0 unspecified atom stereocenters. The molecule has 19 heavy (non-hydrogen) atoms. The van der Waals surface area contributed by atoms with E-state index < -0.39 is 0 Å². The standard InChI is InChI=1S/C15H10INO2/c16-12-4-1-9(2-5-12)15(19)10-3-6-13-11(7-10)8-14(18)17-13/h1-7H,8H2,(H,17,18). The van der Waals surface area contributed by atoms with Gasteiger partial charge in [-0.1, -0.05) is 0 Å². The van der Waals surface area contributed by atoms with Gasteiger partial charge in [0.2, 0.25) is 5.91 Å².